The molecule has 0 amide bonds. The maximum Gasteiger partial charge on any atom is 0.0433 e. The van der Waals surface area contributed by atoms with Crippen LogP contribution in [0.4, 0.5) is 5.69 Å². The van der Waals surface area contributed by atoms with Crippen LogP contribution in [-0.4, -0.2) is 12.1 Å². The zero-order valence-electron chi connectivity index (χ0n) is 11.8. The van der Waals surface area contributed by atoms with Gasteiger partial charge < -0.3 is 4.90 Å². The highest BCUT2D eigenvalue weighted by molar-refractivity contribution is 5.62. The van der Waals surface area contributed by atoms with E-state index < -0.39 is 0 Å². The first-order valence-corrected chi connectivity index (χ1v) is 7.68. The quantitative estimate of drug-likeness (QED) is 0.703. The molecule has 1 fully saturated rings. The topological polar surface area (TPSA) is 3.24 Å². The van der Waals surface area contributed by atoms with Crippen LogP contribution in [0, 0.1) is 6.92 Å². The van der Waals surface area contributed by atoms with Crippen LogP contribution >= 0.6 is 0 Å². The van der Waals surface area contributed by atoms with Gasteiger partial charge in [0.25, 0.3) is 0 Å². The second-order valence-electron chi connectivity index (χ2n) is 6.03. The van der Waals surface area contributed by atoms with Crippen molar-refractivity contribution in [2.24, 2.45) is 0 Å². The van der Waals surface area contributed by atoms with Gasteiger partial charge in [0.2, 0.25) is 0 Å². The van der Waals surface area contributed by atoms with Gasteiger partial charge in [0, 0.05) is 17.8 Å². The van der Waals surface area contributed by atoms with Crippen molar-refractivity contribution in [3.63, 3.8) is 0 Å². The minimum absolute atomic E-state index is 0.776. The Morgan fingerprint density at radius 3 is 2.83 bits per heavy atom. The number of aryl methyl sites for hydroxylation is 2. The third-order valence-electron chi connectivity index (χ3n) is 4.91. The zero-order chi connectivity index (χ0) is 12.5. The number of rotatable bonds is 1. The first-order chi connectivity index (χ1) is 8.81. The molecule has 0 aliphatic carbocycles. The number of fused-ring (bicyclic) bond motifs is 3. The predicted octanol–water partition coefficient (Wildman–Crippen LogP) is 4.47. The van der Waals surface area contributed by atoms with Gasteiger partial charge in [-0.2, -0.15) is 0 Å². The number of nitrogens with zero attached hydrogens (tertiary/aromatic N) is 1. The summed E-state index contributed by atoms with van der Waals surface area (Å²) < 4.78 is 0. The molecule has 1 saturated heterocycles. The van der Waals surface area contributed by atoms with Gasteiger partial charge in [0.15, 0.2) is 0 Å². The van der Waals surface area contributed by atoms with Crippen molar-refractivity contribution >= 4 is 5.69 Å². The van der Waals surface area contributed by atoms with E-state index in [0.717, 1.165) is 12.1 Å². The third kappa shape index (κ3) is 1.94. The Hall–Kier alpha value is -0.980. The van der Waals surface area contributed by atoms with E-state index in [1.54, 1.807) is 11.3 Å². The lowest BCUT2D eigenvalue weighted by Gasteiger charge is -2.43. The van der Waals surface area contributed by atoms with Crippen molar-refractivity contribution in [1.29, 1.82) is 0 Å². The molecule has 2 atom stereocenters. The van der Waals surface area contributed by atoms with E-state index in [1.165, 1.54) is 50.5 Å². The number of benzene rings is 1. The van der Waals surface area contributed by atoms with Crippen molar-refractivity contribution in [2.75, 3.05) is 4.90 Å². The molecule has 0 spiro atoms. The highest BCUT2D eigenvalue weighted by Gasteiger charge is 2.33. The van der Waals surface area contributed by atoms with E-state index in [9.17, 15) is 0 Å². The van der Waals surface area contributed by atoms with Gasteiger partial charge in [-0.15, -0.1) is 0 Å². The molecule has 2 aliphatic rings. The molecule has 2 aliphatic heterocycles. The molecule has 0 radical (unpaired) electrons. The van der Waals surface area contributed by atoms with Crippen LogP contribution in [0.1, 0.15) is 56.6 Å². The smallest absolute Gasteiger partial charge is 0.0433 e. The first-order valence-electron chi connectivity index (χ1n) is 7.68. The Morgan fingerprint density at radius 1 is 1.17 bits per heavy atom. The molecule has 0 N–H and O–H groups in total. The van der Waals surface area contributed by atoms with Crippen LogP contribution < -0.4 is 4.90 Å². The molecule has 2 heterocycles. The molecule has 3 rings (SSSR count). The largest absolute Gasteiger partial charge is 0.365 e. The summed E-state index contributed by atoms with van der Waals surface area (Å²) in [5.74, 6) is 0. The number of anilines is 1. The molecule has 0 saturated carbocycles. The molecule has 0 bridgehead atoms. The van der Waals surface area contributed by atoms with Gasteiger partial charge in [-0.3, -0.25) is 0 Å². The zero-order valence-corrected chi connectivity index (χ0v) is 11.8. The Kier molecular flexibility index (Phi) is 3.32. The van der Waals surface area contributed by atoms with E-state index in [0.29, 0.717) is 0 Å². The van der Waals surface area contributed by atoms with Crippen molar-refractivity contribution < 1.29 is 0 Å². The number of hydrogen-bond donors (Lipinski definition) is 0. The lowest BCUT2D eigenvalue weighted by molar-refractivity contribution is 0.456. The van der Waals surface area contributed by atoms with Gasteiger partial charge in [0.1, 0.15) is 0 Å². The van der Waals surface area contributed by atoms with Crippen LogP contribution in [0.15, 0.2) is 18.2 Å². The average Bonchev–Trinajstić information content (AvgIpc) is 2.60. The van der Waals surface area contributed by atoms with Gasteiger partial charge in [-0.25, -0.2) is 0 Å². The van der Waals surface area contributed by atoms with Crippen LogP contribution in [0.25, 0.3) is 0 Å². The van der Waals surface area contributed by atoms with Gasteiger partial charge in [-0.1, -0.05) is 38.0 Å². The van der Waals surface area contributed by atoms with E-state index in [1.807, 2.05) is 0 Å². The molecule has 98 valence electrons. The van der Waals surface area contributed by atoms with E-state index in [2.05, 4.69) is 36.9 Å². The summed E-state index contributed by atoms with van der Waals surface area (Å²) in [6.45, 7) is 4.65. The highest BCUT2D eigenvalue weighted by atomic mass is 15.2. The van der Waals surface area contributed by atoms with E-state index in [4.69, 9.17) is 0 Å². The van der Waals surface area contributed by atoms with Gasteiger partial charge >= 0.3 is 0 Å². The Morgan fingerprint density at radius 2 is 2.00 bits per heavy atom. The Balaban J connectivity index is 2.06. The molecule has 0 aromatic heterocycles. The first kappa shape index (κ1) is 12.1. The molecule has 2 unspecified atom stereocenters. The number of para-hydroxylation sites is 1. The van der Waals surface area contributed by atoms with Gasteiger partial charge in [-0.05, 0) is 50.2 Å². The van der Waals surface area contributed by atoms with Crippen LogP contribution in [0.5, 0.6) is 0 Å². The molecule has 1 aromatic carbocycles. The normalized spacial score (nSPS) is 27.3. The molecule has 1 heteroatoms. The summed E-state index contributed by atoms with van der Waals surface area (Å²) in [6, 6.07) is 8.45. The maximum absolute atomic E-state index is 2.81. The minimum atomic E-state index is 0.776. The van der Waals surface area contributed by atoms with Crippen molar-refractivity contribution in [2.45, 2.75) is 70.9 Å². The summed E-state index contributed by atoms with van der Waals surface area (Å²) in [5.41, 5.74) is 4.66. The second-order valence-corrected chi connectivity index (χ2v) is 6.03. The number of hydrogen-bond acceptors (Lipinski definition) is 1. The Labute approximate surface area is 111 Å². The van der Waals surface area contributed by atoms with Crippen molar-refractivity contribution in [3.8, 4) is 0 Å². The summed E-state index contributed by atoms with van der Waals surface area (Å²) in [6.07, 6.45) is 9.60. The predicted molar refractivity (Wildman–Crippen MR) is 78.3 cm³/mol. The third-order valence-corrected chi connectivity index (χ3v) is 4.91. The van der Waals surface area contributed by atoms with E-state index >= 15 is 0 Å². The van der Waals surface area contributed by atoms with Crippen molar-refractivity contribution in [3.05, 3.63) is 29.3 Å². The fourth-order valence-corrected chi connectivity index (χ4v) is 4.00. The Bertz CT molecular complexity index is 424. The maximum atomic E-state index is 2.81. The standard InChI is InChI=1S/C17H25N/c1-3-15-9-4-5-10-16-12-11-14-8-6-7-13(2)17(14)18(15)16/h6-8,15-16H,3-5,9-12H2,1-2H3. The lowest BCUT2D eigenvalue weighted by atomic mass is 9.90. The lowest BCUT2D eigenvalue weighted by Crippen LogP contribution is -2.45. The fourth-order valence-electron chi connectivity index (χ4n) is 4.00. The summed E-state index contributed by atoms with van der Waals surface area (Å²) in [7, 11) is 0. The molecule has 1 nitrogen and oxygen atoms in total. The summed E-state index contributed by atoms with van der Waals surface area (Å²) in [5, 5.41) is 0. The molecule has 18 heavy (non-hydrogen) atoms. The van der Waals surface area contributed by atoms with Gasteiger partial charge in [0.05, 0.1) is 0 Å². The minimum Gasteiger partial charge on any atom is -0.365 e. The fraction of sp³-hybridized carbons (Fsp3) is 0.647. The van der Waals surface area contributed by atoms with Crippen LogP contribution in [0.3, 0.4) is 0 Å². The molecular formula is C17H25N. The summed E-state index contributed by atoms with van der Waals surface area (Å²) >= 11 is 0. The van der Waals surface area contributed by atoms with Crippen molar-refractivity contribution in [1.82, 2.24) is 0 Å². The van der Waals surface area contributed by atoms with Crippen LogP contribution in [0.2, 0.25) is 0 Å². The second kappa shape index (κ2) is 4.95. The van der Waals surface area contributed by atoms with Crippen LogP contribution in [-0.2, 0) is 6.42 Å². The molecular weight excluding hydrogens is 218 g/mol. The highest BCUT2D eigenvalue weighted by Crippen LogP contribution is 2.39. The van der Waals surface area contributed by atoms with E-state index in [-0.39, 0.29) is 0 Å². The average molecular weight is 243 g/mol. The summed E-state index contributed by atoms with van der Waals surface area (Å²) in [4.78, 5) is 2.81. The molecule has 1 aromatic rings. The monoisotopic (exact) mass is 243 g/mol. The SMILES string of the molecule is CCC1CCCCC2CCc3cccc(C)c3N12.